The van der Waals surface area contributed by atoms with Crippen molar-refractivity contribution in [1.29, 1.82) is 0 Å². The number of hydrogen-bond acceptors (Lipinski definition) is 5. The van der Waals surface area contributed by atoms with Crippen LogP contribution in [0.1, 0.15) is 168 Å². The normalized spacial score (nSPS) is 14.8. The number of quaternary nitrogens is 1. The lowest BCUT2D eigenvalue weighted by Gasteiger charge is -2.25. The Bertz CT molecular complexity index is 773. The molecule has 3 atom stereocenters. The van der Waals surface area contributed by atoms with Crippen molar-refractivity contribution in [3.8, 4) is 0 Å². The van der Waals surface area contributed by atoms with Crippen LogP contribution in [0.25, 0.3) is 0 Å². The molecule has 0 bridgehead atoms. The number of phosphoric ester groups is 1. The van der Waals surface area contributed by atoms with E-state index in [1.807, 2.05) is 27.2 Å². The van der Waals surface area contributed by atoms with Gasteiger partial charge in [-0.1, -0.05) is 154 Å². The van der Waals surface area contributed by atoms with E-state index in [9.17, 15) is 19.4 Å². The van der Waals surface area contributed by atoms with E-state index in [1.54, 1.807) is 6.08 Å². The largest absolute Gasteiger partial charge is 0.472 e. The first kappa shape index (κ1) is 45.2. The molecule has 0 heterocycles. The van der Waals surface area contributed by atoms with E-state index in [4.69, 9.17) is 9.05 Å². The Hall–Kier alpha value is -0.760. The third kappa shape index (κ3) is 31.8. The van der Waals surface area contributed by atoms with E-state index in [1.165, 1.54) is 109 Å². The minimum atomic E-state index is -4.32. The molecule has 0 spiro atoms. The van der Waals surface area contributed by atoms with Gasteiger partial charge in [-0.05, 0) is 19.3 Å². The summed E-state index contributed by atoms with van der Waals surface area (Å²) in [7, 11) is 1.58. The summed E-state index contributed by atoms with van der Waals surface area (Å²) < 4.78 is 23.4. The molecule has 0 aliphatic heterocycles. The average Bonchev–Trinajstić information content (AvgIpc) is 2.99. The highest BCUT2D eigenvalue weighted by molar-refractivity contribution is 7.47. The molecule has 0 aliphatic rings. The second-order valence-electron chi connectivity index (χ2n) is 14.3. The van der Waals surface area contributed by atoms with Crippen molar-refractivity contribution in [1.82, 2.24) is 5.32 Å². The molecule has 8 nitrogen and oxygen atoms in total. The summed E-state index contributed by atoms with van der Waals surface area (Å²) in [5.74, 6) is -0.180. The van der Waals surface area contributed by atoms with Crippen LogP contribution in [0.2, 0.25) is 0 Å². The fourth-order valence-electron chi connectivity index (χ4n) is 5.39. The molecule has 0 radical (unpaired) electrons. The molecule has 46 heavy (non-hydrogen) atoms. The molecule has 0 aromatic carbocycles. The molecule has 3 N–H and O–H groups in total. The maximum absolute atomic E-state index is 12.7. The third-order valence-corrected chi connectivity index (χ3v) is 9.49. The zero-order chi connectivity index (χ0) is 34.4. The van der Waals surface area contributed by atoms with E-state index in [0.29, 0.717) is 17.4 Å². The van der Waals surface area contributed by atoms with E-state index in [0.717, 1.165) is 38.5 Å². The highest BCUT2D eigenvalue weighted by Crippen LogP contribution is 2.43. The number of amides is 1. The van der Waals surface area contributed by atoms with Crippen LogP contribution in [-0.4, -0.2) is 73.4 Å². The van der Waals surface area contributed by atoms with Gasteiger partial charge in [0.2, 0.25) is 5.91 Å². The second-order valence-corrected chi connectivity index (χ2v) is 15.8. The van der Waals surface area contributed by atoms with Crippen LogP contribution in [-0.2, 0) is 18.4 Å². The van der Waals surface area contributed by atoms with Crippen LogP contribution < -0.4 is 5.32 Å². The number of aliphatic hydroxyl groups is 1. The Kier molecular flexibility index (Phi) is 29.8. The summed E-state index contributed by atoms with van der Waals surface area (Å²) in [4.78, 5) is 22.9. The zero-order valence-corrected chi connectivity index (χ0v) is 31.7. The molecule has 3 unspecified atom stereocenters. The molecule has 274 valence electrons. The van der Waals surface area contributed by atoms with Crippen LogP contribution in [0, 0.1) is 0 Å². The van der Waals surface area contributed by atoms with Crippen molar-refractivity contribution in [2.75, 3.05) is 40.9 Å². The number of phosphoric acid groups is 1. The Morgan fingerprint density at radius 2 is 1.15 bits per heavy atom. The number of unbranched alkanes of at least 4 members (excludes halogenated alkanes) is 21. The number of rotatable bonds is 34. The van der Waals surface area contributed by atoms with Gasteiger partial charge in [0.05, 0.1) is 39.9 Å². The molecule has 0 aromatic rings. The number of aliphatic hydroxyl groups excluding tert-OH is 1. The summed E-state index contributed by atoms with van der Waals surface area (Å²) in [5.41, 5.74) is 0. The fraction of sp³-hybridized carbons (Fsp3) is 0.919. The zero-order valence-electron chi connectivity index (χ0n) is 30.8. The highest BCUT2D eigenvalue weighted by atomic mass is 31.2. The molecule has 0 aliphatic carbocycles. The monoisotopic (exact) mass is 676 g/mol. The van der Waals surface area contributed by atoms with Gasteiger partial charge in [-0.2, -0.15) is 0 Å². The van der Waals surface area contributed by atoms with Gasteiger partial charge in [-0.25, -0.2) is 4.57 Å². The van der Waals surface area contributed by atoms with Crippen molar-refractivity contribution in [3.05, 3.63) is 12.2 Å². The third-order valence-electron chi connectivity index (χ3n) is 8.51. The number of carbonyl (C=O) groups excluding carboxylic acids is 1. The molecular formula is C37H76N2O6P+. The lowest BCUT2D eigenvalue weighted by Crippen LogP contribution is -2.45. The number of nitrogens with zero attached hydrogens (tertiary/aromatic N) is 1. The lowest BCUT2D eigenvalue weighted by molar-refractivity contribution is -0.870. The molecule has 0 aromatic heterocycles. The van der Waals surface area contributed by atoms with Crippen LogP contribution >= 0.6 is 7.82 Å². The summed E-state index contributed by atoms with van der Waals surface area (Å²) in [6, 6.07) is -0.837. The minimum absolute atomic E-state index is 0.0641. The van der Waals surface area contributed by atoms with Gasteiger partial charge in [0.25, 0.3) is 0 Å². The second kappa shape index (κ2) is 30.3. The van der Waals surface area contributed by atoms with Crippen molar-refractivity contribution in [2.45, 2.75) is 180 Å². The van der Waals surface area contributed by atoms with Crippen LogP contribution in [0.4, 0.5) is 0 Å². The molecule has 0 fully saturated rings. The van der Waals surface area contributed by atoms with Crippen LogP contribution in [0.3, 0.4) is 0 Å². The van der Waals surface area contributed by atoms with E-state index in [-0.39, 0.29) is 19.1 Å². The van der Waals surface area contributed by atoms with Gasteiger partial charge < -0.3 is 19.8 Å². The molecule has 9 heteroatoms. The lowest BCUT2D eigenvalue weighted by atomic mass is 10.0. The van der Waals surface area contributed by atoms with Crippen molar-refractivity contribution in [3.63, 3.8) is 0 Å². The number of nitrogens with one attached hydrogen (secondary N) is 1. The van der Waals surface area contributed by atoms with Crippen LogP contribution in [0.15, 0.2) is 12.2 Å². The van der Waals surface area contributed by atoms with Gasteiger partial charge in [0.1, 0.15) is 13.2 Å². The van der Waals surface area contributed by atoms with Crippen LogP contribution in [0.5, 0.6) is 0 Å². The van der Waals surface area contributed by atoms with E-state index >= 15 is 0 Å². The number of likely N-dealkylation sites (N-methyl/N-ethyl adjacent to an activating group) is 1. The Morgan fingerprint density at radius 3 is 1.61 bits per heavy atom. The average molecular weight is 676 g/mol. The molecule has 0 rings (SSSR count). The Labute approximate surface area is 284 Å². The van der Waals surface area contributed by atoms with Crippen molar-refractivity contribution < 1.29 is 32.9 Å². The van der Waals surface area contributed by atoms with Crippen molar-refractivity contribution >= 4 is 13.7 Å². The maximum Gasteiger partial charge on any atom is 0.472 e. The Balaban J connectivity index is 4.54. The predicted octanol–water partition coefficient (Wildman–Crippen LogP) is 9.63. The first-order valence-corrected chi connectivity index (χ1v) is 20.6. The van der Waals surface area contributed by atoms with E-state index < -0.39 is 20.0 Å². The maximum atomic E-state index is 12.7. The SMILES string of the molecule is CCCCCCCCCCCCC/C=C/C(O)C(COP(=O)(O)OCC[N+](C)(C)C)NC(=O)CCCCCCCCCCCCC. The highest BCUT2D eigenvalue weighted by Gasteiger charge is 2.27. The van der Waals surface area contributed by atoms with Gasteiger partial charge >= 0.3 is 7.82 Å². The molecular weight excluding hydrogens is 599 g/mol. The summed E-state index contributed by atoms with van der Waals surface area (Å²) in [5, 5.41) is 13.7. The van der Waals surface area contributed by atoms with E-state index in [2.05, 4.69) is 19.2 Å². The smallest absolute Gasteiger partial charge is 0.387 e. The van der Waals surface area contributed by atoms with Crippen molar-refractivity contribution in [2.24, 2.45) is 0 Å². The van der Waals surface area contributed by atoms with Gasteiger partial charge in [0.15, 0.2) is 0 Å². The van der Waals surface area contributed by atoms with Gasteiger partial charge in [-0.3, -0.25) is 13.8 Å². The summed E-state index contributed by atoms with van der Waals surface area (Å²) in [6.45, 7) is 4.78. The first-order chi connectivity index (χ1) is 22.0. The Morgan fingerprint density at radius 1 is 0.717 bits per heavy atom. The predicted molar refractivity (Wildman–Crippen MR) is 194 cm³/mol. The minimum Gasteiger partial charge on any atom is -0.387 e. The summed E-state index contributed by atoms with van der Waals surface area (Å²) >= 11 is 0. The molecule has 0 saturated heterocycles. The standard InChI is InChI=1S/C37H75N2O6P/c1-6-8-10-12-14-16-18-19-21-22-24-26-28-30-36(40)35(34-45-46(42,43)44-33-32-39(3,4)5)38-37(41)31-29-27-25-23-20-17-15-13-11-9-7-2/h28,30,35-36,40H,6-27,29,31-34H2,1-5H3,(H-,38,41,42,43)/p+1/b30-28+. The topological polar surface area (TPSA) is 105 Å². The quantitative estimate of drug-likeness (QED) is 0.0272. The van der Waals surface area contributed by atoms with Gasteiger partial charge in [-0.15, -0.1) is 0 Å². The number of hydrogen-bond donors (Lipinski definition) is 3. The summed E-state index contributed by atoms with van der Waals surface area (Å²) in [6.07, 6.45) is 31.2. The van der Waals surface area contributed by atoms with Gasteiger partial charge in [0, 0.05) is 6.42 Å². The first-order valence-electron chi connectivity index (χ1n) is 19.1. The fourth-order valence-corrected chi connectivity index (χ4v) is 6.13. The number of allylic oxidation sites excluding steroid dienone is 1. The molecule has 1 amide bonds. The molecule has 0 saturated carbocycles. The number of carbonyl (C=O) groups is 1.